The molecule has 0 bridgehead atoms. The second-order valence-electron chi connectivity index (χ2n) is 4.94. The molecular weight excluding hydrogens is 220 g/mol. The second kappa shape index (κ2) is 5.18. The molecule has 0 saturated heterocycles. The van der Waals surface area contributed by atoms with Crippen molar-refractivity contribution in [3.05, 3.63) is 60.2 Å². The van der Waals surface area contributed by atoms with E-state index in [1.165, 1.54) is 16.3 Å². The van der Waals surface area contributed by atoms with E-state index >= 15 is 0 Å². The summed E-state index contributed by atoms with van der Waals surface area (Å²) in [7, 11) is 0. The van der Waals surface area contributed by atoms with Gasteiger partial charge in [-0.15, -0.1) is 0 Å². The molecule has 0 aliphatic heterocycles. The van der Waals surface area contributed by atoms with Gasteiger partial charge in [-0.25, -0.2) is 0 Å². The van der Waals surface area contributed by atoms with Crippen LogP contribution < -0.4 is 0 Å². The van der Waals surface area contributed by atoms with Crippen LogP contribution in [0.3, 0.4) is 0 Å². The third kappa shape index (κ3) is 2.51. The topological polar surface area (TPSA) is 17.1 Å². The maximum absolute atomic E-state index is 11.9. The molecule has 1 heteroatoms. The molecule has 2 aromatic rings. The van der Waals surface area contributed by atoms with Gasteiger partial charge in [0.2, 0.25) is 0 Å². The van der Waals surface area contributed by atoms with Crippen LogP contribution in [0.2, 0.25) is 0 Å². The van der Waals surface area contributed by atoms with E-state index < -0.39 is 0 Å². The number of allylic oxidation sites excluding steroid dienone is 1. The maximum atomic E-state index is 11.9. The first-order chi connectivity index (χ1) is 8.59. The standard InChI is InChI=1S/C17H18O/c1-12(2)17(18)13(3)11-15-9-6-8-14-7-4-5-10-16(14)15/h4-10,12H,3,11H2,1-2H3. The highest BCUT2D eigenvalue weighted by molar-refractivity contribution is 5.97. The molecule has 2 rings (SSSR count). The van der Waals surface area contributed by atoms with Crippen LogP contribution in [0.4, 0.5) is 0 Å². The summed E-state index contributed by atoms with van der Waals surface area (Å²) in [5.41, 5.74) is 1.87. The fourth-order valence-electron chi connectivity index (χ4n) is 2.17. The Labute approximate surface area is 108 Å². The summed E-state index contributed by atoms with van der Waals surface area (Å²) < 4.78 is 0. The Bertz CT molecular complexity index is 588. The predicted molar refractivity (Wildman–Crippen MR) is 76.6 cm³/mol. The maximum Gasteiger partial charge on any atom is 0.161 e. The third-order valence-corrected chi connectivity index (χ3v) is 3.16. The summed E-state index contributed by atoms with van der Waals surface area (Å²) in [4.78, 5) is 11.9. The molecule has 0 aromatic heterocycles. The monoisotopic (exact) mass is 238 g/mol. The minimum Gasteiger partial charge on any atom is -0.294 e. The molecule has 0 aliphatic carbocycles. The fraction of sp³-hybridized carbons (Fsp3) is 0.235. The van der Waals surface area contributed by atoms with Crippen molar-refractivity contribution < 1.29 is 4.79 Å². The lowest BCUT2D eigenvalue weighted by atomic mass is 9.94. The van der Waals surface area contributed by atoms with Crippen LogP contribution in [0.1, 0.15) is 19.4 Å². The molecule has 0 aliphatic rings. The number of carbonyl (C=O) groups is 1. The number of hydrogen-bond acceptors (Lipinski definition) is 1. The lowest BCUT2D eigenvalue weighted by Crippen LogP contribution is -2.11. The van der Waals surface area contributed by atoms with Gasteiger partial charge in [0.05, 0.1) is 0 Å². The van der Waals surface area contributed by atoms with Crippen LogP contribution in [0, 0.1) is 5.92 Å². The Kier molecular flexibility index (Phi) is 3.61. The minimum atomic E-state index is 0.0208. The quantitative estimate of drug-likeness (QED) is 0.731. The summed E-state index contributed by atoms with van der Waals surface area (Å²) in [5.74, 6) is 0.176. The van der Waals surface area contributed by atoms with Gasteiger partial charge in [-0.05, 0) is 21.9 Å². The van der Waals surface area contributed by atoms with Gasteiger partial charge >= 0.3 is 0 Å². The number of Topliss-reactive ketones (excluding diaryl/α,β-unsaturated/α-hetero) is 1. The van der Waals surface area contributed by atoms with Gasteiger partial charge in [-0.3, -0.25) is 4.79 Å². The zero-order valence-electron chi connectivity index (χ0n) is 10.9. The summed E-state index contributed by atoms with van der Waals surface area (Å²) >= 11 is 0. The Morgan fingerprint density at radius 3 is 2.50 bits per heavy atom. The highest BCUT2D eigenvalue weighted by Crippen LogP contribution is 2.21. The summed E-state index contributed by atoms with van der Waals surface area (Å²) in [6.07, 6.45) is 0.637. The van der Waals surface area contributed by atoms with Crippen molar-refractivity contribution in [2.24, 2.45) is 5.92 Å². The number of rotatable bonds is 4. The van der Waals surface area contributed by atoms with Gasteiger partial charge in [0.15, 0.2) is 5.78 Å². The molecule has 0 atom stereocenters. The van der Waals surface area contributed by atoms with Crippen molar-refractivity contribution in [3.63, 3.8) is 0 Å². The van der Waals surface area contributed by atoms with E-state index in [9.17, 15) is 4.79 Å². The summed E-state index contributed by atoms with van der Waals surface area (Å²) in [5, 5.41) is 2.41. The van der Waals surface area contributed by atoms with Crippen molar-refractivity contribution in [2.45, 2.75) is 20.3 Å². The first kappa shape index (κ1) is 12.6. The van der Waals surface area contributed by atoms with Gasteiger partial charge in [0.1, 0.15) is 0 Å². The van der Waals surface area contributed by atoms with Crippen LogP contribution in [-0.4, -0.2) is 5.78 Å². The van der Waals surface area contributed by atoms with E-state index in [1.807, 2.05) is 32.0 Å². The highest BCUT2D eigenvalue weighted by atomic mass is 16.1. The number of ketones is 1. The molecule has 0 unspecified atom stereocenters. The van der Waals surface area contributed by atoms with E-state index in [0.717, 1.165) is 0 Å². The van der Waals surface area contributed by atoms with Gasteiger partial charge in [-0.1, -0.05) is 62.9 Å². The molecule has 0 heterocycles. The van der Waals surface area contributed by atoms with E-state index in [-0.39, 0.29) is 11.7 Å². The Hall–Kier alpha value is -1.89. The molecule has 18 heavy (non-hydrogen) atoms. The van der Waals surface area contributed by atoms with E-state index in [2.05, 4.69) is 30.8 Å². The SMILES string of the molecule is C=C(Cc1cccc2ccccc12)C(=O)C(C)C. The fourth-order valence-corrected chi connectivity index (χ4v) is 2.17. The lowest BCUT2D eigenvalue weighted by molar-refractivity contribution is -0.118. The van der Waals surface area contributed by atoms with Gasteiger partial charge in [-0.2, -0.15) is 0 Å². The van der Waals surface area contributed by atoms with Crippen molar-refractivity contribution in [2.75, 3.05) is 0 Å². The molecule has 92 valence electrons. The number of benzene rings is 2. The molecule has 0 N–H and O–H groups in total. The van der Waals surface area contributed by atoms with Crippen LogP contribution in [-0.2, 0) is 11.2 Å². The average Bonchev–Trinajstić information content (AvgIpc) is 2.38. The first-order valence-corrected chi connectivity index (χ1v) is 6.28. The van der Waals surface area contributed by atoms with Gasteiger partial charge in [0, 0.05) is 12.3 Å². The average molecular weight is 238 g/mol. The van der Waals surface area contributed by atoms with Crippen molar-refractivity contribution in [1.82, 2.24) is 0 Å². The van der Waals surface area contributed by atoms with Crippen molar-refractivity contribution in [3.8, 4) is 0 Å². The molecule has 0 spiro atoms. The second-order valence-corrected chi connectivity index (χ2v) is 4.94. The first-order valence-electron chi connectivity index (χ1n) is 6.28. The molecule has 0 amide bonds. The van der Waals surface area contributed by atoms with E-state index in [1.54, 1.807) is 0 Å². The molecule has 2 aromatic carbocycles. The molecular formula is C17H18O. The molecule has 1 nitrogen and oxygen atoms in total. The van der Waals surface area contributed by atoms with E-state index in [0.29, 0.717) is 12.0 Å². The zero-order chi connectivity index (χ0) is 13.1. The predicted octanol–water partition coefficient (Wildman–Crippen LogP) is 4.16. The van der Waals surface area contributed by atoms with E-state index in [4.69, 9.17) is 0 Å². The van der Waals surface area contributed by atoms with Crippen LogP contribution >= 0.6 is 0 Å². The van der Waals surface area contributed by atoms with Crippen LogP contribution in [0.5, 0.6) is 0 Å². The number of carbonyl (C=O) groups excluding carboxylic acids is 1. The van der Waals surface area contributed by atoms with Crippen molar-refractivity contribution in [1.29, 1.82) is 0 Å². The lowest BCUT2D eigenvalue weighted by Gasteiger charge is -2.10. The number of hydrogen-bond donors (Lipinski definition) is 0. The van der Waals surface area contributed by atoms with Crippen LogP contribution in [0.25, 0.3) is 10.8 Å². The van der Waals surface area contributed by atoms with Crippen LogP contribution in [0.15, 0.2) is 54.6 Å². The van der Waals surface area contributed by atoms with Crippen molar-refractivity contribution >= 4 is 16.6 Å². The number of fused-ring (bicyclic) bond motifs is 1. The smallest absolute Gasteiger partial charge is 0.161 e. The van der Waals surface area contributed by atoms with Gasteiger partial charge < -0.3 is 0 Å². The highest BCUT2D eigenvalue weighted by Gasteiger charge is 2.12. The molecule has 0 fully saturated rings. The zero-order valence-corrected chi connectivity index (χ0v) is 10.9. The molecule has 0 radical (unpaired) electrons. The summed E-state index contributed by atoms with van der Waals surface area (Å²) in [6, 6.07) is 14.4. The minimum absolute atomic E-state index is 0.0208. The normalized spacial score (nSPS) is 10.8. The Morgan fingerprint density at radius 2 is 1.78 bits per heavy atom. The largest absolute Gasteiger partial charge is 0.294 e. The Balaban J connectivity index is 2.33. The van der Waals surface area contributed by atoms with Gasteiger partial charge in [0.25, 0.3) is 0 Å². The Morgan fingerprint density at radius 1 is 1.11 bits per heavy atom. The third-order valence-electron chi connectivity index (χ3n) is 3.16. The molecule has 0 saturated carbocycles. The summed E-state index contributed by atoms with van der Waals surface area (Å²) in [6.45, 7) is 7.76.